The molecule has 0 aliphatic rings. The van der Waals surface area contributed by atoms with E-state index in [-0.39, 0.29) is 12.5 Å². The van der Waals surface area contributed by atoms with E-state index >= 15 is 0 Å². The van der Waals surface area contributed by atoms with Gasteiger partial charge in [-0.15, -0.1) is 0 Å². The van der Waals surface area contributed by atoms with Crippen LogP contribution < -0.4 is 5.32 Å². The third-order valence-corrected chi connectivity index (χ3v) is 3.00. The Balaban J connectivity index is 2.30. The number of hydrogen-bond acceptors (Lipinski definition) is 2. The van der Waals surface area contributed by atoms with Gasteiger partial charge in [-0.3, -0.25) is 4.79 Å². The Kier molecular flexibility index (Phi) is 4.76. The summed E-state index contributed by atoms with van der Waals surface area (Å²) in [6, 6.07) is 13.1. The molecule has 2 aromatic carbocycles. The summed E-state index contributed by atoms with van der Waals surface area (Å²) < 4.78 is 0. The molecule has 2 rings (SSSR count). The van der Waals surface area contributed by atoms with Crippen molar-refractivity contribution in [1.82, 2.24) is 0 Å². The molecule has 0 aliphatic heterocycles. The van der Waals surface area contributed by atoms with E-state index in [4.69, 9.17) is 5.11 Å². The monoisotopic (exact) mass is 279 g/mol. The predicted molar refractivity (Wildman–Crippen MR) is 84.3 cm³/mol. The van der Waals surface area contributed by atoms with Crippen LogP contribution in [0.4, 0.5) is 5.69 Å². The second-order valence-corrected chi connectivity index (χ2v) is 4.83. The smallest absolute Gasteiger partial charge is 0.256 e. The molecule has 2 aromatic rings. The molecule has 0 saturated heterocycles. The van der Waals surface area contributed by atoms with Gasteiger partial charge in [0, 0.05) is 11.3 Å². The molecule has 3 heteroatoms. The zero-order valence-electron chi connectivity index (χ0n) is 12.1. The van der Waals surface area contributed by atoms with Crippen LogP contribution in [-0.4, -0.2) is 17.6 Å². The minimum absolute atomic E-state index is 0.206. The lowest BCUT2D eigenvalue weighted by Gasteiger charge is -2.08. The lowest BCUT2D eigenvalue weighted by molar-refractivity contribution is 0.102. The highest BCUT2D eigenvalue weighted by atomic mass is 16.2. The van der Waals surface area contributed by atoms with Crippen LogP contribution in [0, 0.1) is 25.7 Å². The van der Waals surface area contributed by atoms with Gasteiger partial charge in [0.25, 0.3) is 5.91 Å². The van der Waals surface area contributed by atoms with E-state index in [1.165, 1.54) is 0 Å². The Morgan fingerprint density at radius 3 is 2.62 bits per heavy atom. The molecule has 0 radical (unpaired) electrons. The normalized spacial score (nSPS) is 9.67. The Morgan fingerprint density at radius 1 is 1.14 bits per heavy atom. The summed E-state index contributed by atoms with van der Waals surface area (Å²) in [6.07, 6.45) is 0. The van der Waals surface area contributed by atoms with E-state index < -0.39 is 0 Å². The third-order valence-electron chi connectivity index (χ3n) is 3.00. The van der Waals surface area contributed by atoms with Crippen LogP contribution in [0.2, 0.25) is 0 Å². The van der Waals surface area contributed by atoms with Gasteiger partial charge in [0.2, 0.25) is 0 Å². The van der Waals surface area contributed by atoms with Gasteiger partial charge in [0.15, 0.2) is 0 Å². The van der Waals surface area contributed by atoms with E-state index in [0.717, 1.165) is 16.8 Å². The first-order valence-corrected chi connectivity index (χ1v) is 6.68. The first-order chi connectivity index (χ1) is 10.1. The third kappa shape index (κ3) is 3.95. The maximum atomic E-state index is 12.4. The molecule has 21 heavy (non-hydrogen) atoms. The molecule has 1 amide bonds. The fraction of sp³-hybridized carbons (Fsp3) is 0.167. The summed E-state index contributed by atoms with van der Waals surface area (Å²) in [4.78, 5) is 12.4. The molecule has 0 aromatic heterocycles. The number of hydrogen-bond donors (Lipinski definition) is 2. The molecule has 0 heterocycles. The van der Waals surface area contributed by atoms with E-state index in [1.807, 2.05) is 50.2 Å². The van der Waals surface area contributed by atoms with Gasteiger partial charge >= 0.3 is 0 Å². The highest BCUT2D eigenvalue weighted by molar-refractivity contribution is 6.06. The van der Waals surface area contributed by atoms with Crippen molar-refractivity contribution in [2.45, 2.75) is 13.8 Å². The van der Waals surface area contributed by atoms with Crippen molar-refractivity contribution in [2.24, 2.45) is 0 Å². The number of aryl methyl sites for hydroxylation is 2. The Morgan fingerprint density at radius 2 is 1.90 bits per heavy atom. The minimum atomic E-state index is -0.229. The van der Waals surface area contributed by atoms with Crippen molar-refractivity contribution in [3.05, 3.63) is 64.7 Å². The van der Waals surface area contributed by atoms with Crippen molar-refractivity contribution < 1.29 is 9.90 Å². The van der Waals surface area contributed by atoms with Gasteiger partial charge < -0.3 is 10.4 Å². The fourth-order valence-corrected chi connectivity index (χ4v) is 2.02. The first kappa shape index (κ1) is 14.8. The topological polar surface area (TPSA) is 49.3 Å². The fourth-order valence-electron chi connectivity index (χ4n) is 2.02. The summed E-state index contributed by atoms with van der Waals surface area (Å²) in [7, 11) is 0. The summed E-state index contributed by atoms with van der Waals surface area (Å²) in [5.41, 5.74) is 3.97. The number of benzene rings is 2. The minimum Gasteiger partial charge on any atom is -0.384 e. The molecule has 0 spiro atoms. The van der Waals surface area contributed by atoms with Crippen LogP contribution in [0.1, 0.15) is 27.0 Å². The van der Waals surface area contributed by atoms with E-state index in [2.05, 4.69) is 17.2 Å². The van der Waals surface area contributed by atoms with Crippen molar-refractivity contribution in [1.29, 1.82) is 0 Å². The summed E-state index contributed by atoms with van der Waals surface area (Å²) in [5, 5.41) is 11.7. The van der Waals surface area contributed by atoms with Gasteiger partial charge in [-0.05, 0) is 49.2 Å². The highest BCUT2D eigenvalue weighted by Gasteiger charge is 2.10. The van der Waals surface area contributed by atoms with Crippen LogP contribution in [0.25, 0.3) is 0 Å². The Bertz CT molecular complexity index is 723. The molecule has 3 nitrogen and oxygen atoms in total. The SMILES string of the molecule is Cc1cccc(NC(=O)c2ccc(C)cc2C#CCO)c1. The van der Waals surface area contributed by atoms with Gasteiger partial charge in [0.1, 0.15) is 6.61 Å². The molecule has 0 aliphatic carbocycles. The highest BCUT2D eigenvalue weighted by Crippen LogP contribution is 2.15. The lowest BCUT2D eigenvalue weighted by Crippen LogP contribution is -2.13. The van der Waals surface area contributed by atoms with E-state index in [9.17, 15) is 4.79 Å². The molecule has 106 valence electrons. The quantitative estimate of drug-likeness (QED) is 0.830. The number of anilines is 1. The van der Waals surface area contributed by atoms with E-state index in [0.29, 0.717) is 11.1 Å². The zero-order chi connectivity index (χ0) is 15.2. The van der Waals surface area contributed by atoms with Crippen LogP contribution >= 0.6 is 0 Å². The van der Waals surface area contributed by atoms with Crippen molar-refractivity contribution in [3.8, 4) is 11.8 Å². The van der Waals surface area contributed by atoms with Crippen LogP contribution in [-0.2, 0) is 0 Å². The molecular weight excluding hydrogens is 262 g/mol. The summed E-state index contributed by atoms with van der Waals surface area (Å²) in [5.74, 6) is 5.20. The number of rotatable bonds is 2. The number of amides is 1. The van der Waals surface area contributed by atoms with Gasteiger partial charge in [0.05, 0.1) is 5.56 Å². The average Bonchev–Trinajstić information content (AvgIpc) is 2.45. The Labute approximate surface area is 124 Å². The number of carbonyl (C=O) groups is 1. The molecule has 2 N–H and O–H groups in total. The van der Waals surface area contributed by atoms with Crippen LogP contribution in [0.5, 0.6) is 0 Å². The van der Waals surface area contributed by atoms with Crippen molar-refractivity contribution >= 4 is 11.6 Å². The molecule has 0 fully saturated rings. The maximum absolute atomic E-state index is 12.4. The van der Waals surface area contributed by atoms with Gasteiger partial charge in [-0.1, -0.05) is 30.0 Å². The second kappa shape index (κ2) is 6.74. The number of aliphatic hydroxyl groups is 1. The van der Waals surface area contributed by atoms with Crippen LogP contribution in [0.15, 0.2) is 42.5 Å². The van der Waals surface area contributed by atoms with Gasteiger partial charge in [-0.25, -0.2) is 0 Å². The molecule has 0 unspecified atom stereocenters. The predicted octanol–water partition coefficient (Wildman–Crippen LogP) is 2.90. The van der Waals surface area contributed by atoms with Crippen molar-refractivity contribution in [3.63, 3.8) is 0 Å². The van der Waals surface area contributed by atoms with Crippen LogP contribution in [0.3, 0.4) is 0 Å². The molecular formula is C18H17NO2. The maximum Gasteiger partial charge on any atom is 0.256 e. The summed E-state index contributed by atoms with van der Waals surface area (Å²) in [6.45, 7) is 3.68. The lowest BCUT2D eigenvalue weighted by atomic mass is 10.0. The molecule has 0 saturated carbocycles. The Hall–Kier alpha value is -2.57. The summed E-state index contributed by atoms with van der Waals surface area (Å²) >= 11 is 0. The molecule has 0 atom stereocenters. The zero-order valence-corrected chi connectivity index (χ0v) is 12.1. The number of aliphatic hydroxyl groups excluding tert-OH is 1. The average molecular weight is 279 g/mol. The number of nitrogens with one attached hydrogen (secondary N) is 1. The second-order valence-electron chi connectivity index (χ2n) is 4.83. The van der Waals surface area contributed by atoms with Gasteiger partial charge in [-0.2, -0.15) is 0 Å². The standard InChI is InChI=1S/C18H17NO2/c1-13-5-3-7-16(12-13)19-18(21)17-9-8-14(2)11-15(17)6-4-10-20/h3,5,7-9,11-12,20H,10H2,1-2H3,(H,19,21). The number of carbonyl (C=O) groups excluding carboxylic acids is 1. The van der Waals surface area contributed by atoms with Crippen molar-refractivity contribution in [2.75, 3.05) is 11.9 Å². The molecule has 0 bridgehead atoms. The first-order valence-electron chi connectivity index (χ1n) is 6.68. The largest absolute Gasteiger partial charge is 0.384 e. The van der Waals surface area contributed by atoms with E-state index in [1.54, 1.807) is 6.07 Å².